The summed E-state index contributed by atoms with van der Waals surface area (Å²) in [5, 5.41) is 4.08. The lowest BCUT2D eigenvalue weighted by Crippen LogP contribution is -2.15. The molecule has 0 saturated heterocycles. The van der Waals surface area contributed by atoms with Gasteiger partial charge >= 0.3 is 5.76 Å². The number of hydrogen-bond donors (Lipinski definition) is 0. The quantitative estimate of drug-likeness (QED) is 0.544. The smallest absolute Gasteiger partial charge is 0.408 e. The number of benzene rings is 2. The maximum absolute atomic E-state index is 12.0. The summed E-state index contributed by atoms with van der Waals surface area (Å²) in [6.07, 6.45) is 0. The molecule has 6 heteroatoms. The minimum atomic E-state index is -0.365. The molecule has 0 atom stereocenters. The Bertz CT molecular complexity index is 1140. The molecule has 26 heavy (non-hydrogen) atoms. The number of fused-ring (bicyclic) bond motifs is 1. The second kappa shape index (κ2) is 5.98. The highest BCUT2D eigenvalue weighted by molar-refractivity contribution is 5.79. The first-order valence-corrected chi connectivity index (χ1v) is 8.50. The second-order valence-corrected chi connectivity index (χ2v) is 6.81. The van der Waals surface area contributed by atoms with E-state index in [0.29, 0.717) is 17.3 Å². The molecule has 0 saturated carbocycles. The molecule has 4 aromatic rings. The minimum Gasteiger partial charge on any atom is -0.408 e. The van der Waals surface area contributed by atoms with Crippen LogP contribution in [0.2, 0.25) is 0 Å². The zero-order valence-electron chi connectivity index (χ0n) is 15.1. The topological polar surface area (TPSA) is 74.1 Å². The number of oxazole rings is 1. The molecule has 0 bridgehead atoms. The maximum Gasteiger partial charge on any atom is 0.420 e. The summed E-state index contributed by atoms with van der Waals surface area (Å²) in [6.45, 7) is 7.95. The van der Waals surface area contributed by atoms with Crippen molar-refractivity contribution in [2.75, 3.05) is 0 Å². The van der Waals surface area contributed by atoms with E-state index in [4.69, 9.17) is 8.94 Å². The zero-order chi connectivity index (χ0) is 18.4. The first kappa shape index (κ1) is 16.3. The SMILES string of the molecule is Cc1cc(C)cc(-c2nc(-c3ccc4c(c3)oc(=O)n4C(C)C)no2)c1. The van der Waals surface area contributed by atoms with Gasteiger partial charge in [0.15, 0.2) is 5.58 Å². The van der Waals surface area contributed by atoms with Gasteiger partial charge in [-0.2, -0.15) is 4.98 Å². The van der Waals surface area contributed by atoms with Crippen molar-refractivity contribution in [3.63, 3.8) is 0 Å². The van der Waals surface area contributed by atoms with Crippen molar-refractivity contribution in [1.82, 2.24) is 14.7 Å². The minimum absolute atomic E-state index is 0.0240. The van der Waals surface area contributed by atoms with E-state index in [1.54, 1.807) is 10.6 Å². The second-order valence-electron chi connectivity index (χ2n) is 6.81. The number of aryl methyl sites for hydroxylation is 2. The van der Waals surface area contributed by atoms with E-state index in [9.17, 15) is 4.79 Å². The van der Waals surface area contributed by atoms with Crippen molar-refractivity contribution in [3.05, 3.63) is 58.1 Å². The van der Waals surface area contributed by atoms with Crippen molar-refractivity contribution < 1.29 is 8.94 Å². The van der Waals surface area contributed by atoms with E-state index in [1.807, 2.05) is 52.0 Å². The summed E-state index contributed by atoms with van der Waals surface area (Å²) in [7, 11) is 0. The Morgan fingerprint density at radius 2 is 1.73 bits per heavy atom. The van der Waals surface area contributed by atoms with Crippen molar-refractivity contribution in [1.29, 1.82) is 0 Å². The van der Waals surface area contributed by atoms with Gasteiger partial charge in [0.2, 0.25) is 5.82 Å². The Kier molecular flexibility index (Phi) is 3.76. The summed E-state index contributed by atoms with van der Waals surface area (Å²) in [5.41, 5.74) is 5.17. The van der Waals surface area contributed by atoms with Crippen LogP contribution in [0.25, 0.3) is 33.9 Å². The van der Waals surface area contributed by atoms with Gasteiger partial charge in [0, 0.05) is 17.2 Å². The fraction of sp³-hybridized carbons (Fsp3) is 0.250. The molecule has 0 spiro atoms. The van der Waals surface area contributed by atoms with E-state index >= 15 is 0 Å². The van der Waals surface area contributed by atoms with Crippen LogP contribution >= 0.6 is 0 Å². The largest absolute Gasteiger partial charge is 0.420 e. The Labute approximate surface area is 150 Å². The molecule has 6 nitrogen and oxygen atoms in total. The predicted molar refractivity (Wildman–Crippen MR) is 99.1 cm³/mol. The van der Waals surface area contributed by atoms with Crippen molar-refractivity contribution in [3.8, 4) is 22.8 Å². The predicted octanol–water partition coefficient (Wildman–Crippen LogP) is 4.51. The Hall–Kier alpha value is -3.15. The molecular weight excluding hydrogens is 330 g/mol. The first-order chi connectivity index (χ1) is 12.4. The Morgan fingerprint density at radius 1 is 1.00 bits per heavy atom. The number of rotatable bonds is 3. The molecule has 4 rings (SSSR count). The Morgan fingerprint density at radius 3 is 2.42 bits per heavy atom. The molecule has 2 aromatic carbocycles. The summed E-state index contributed by atoms with van der Waals surface area (Å²) >= 11 is 0. The van der Waals surface area contributed by atoms with Crippen LogP contribution in [0.3, 0.4) is 0 Å². The van der Waals surface area contributed by atoms with E-state index in [-0.39, 0.29) is 11.8 Å². The van der Waals surface area contributed by atoms with E-state index < -0.39 is 0 Å². The lowest BCUT2D eigenvalue weighted by Gasteiger charge is -2.04. The molecule has 0 amide bonds. The van der Waals surface area contributed by atoms with Crippen molar-refractivity contribution >= 4 is 11.1 Å². The van der Waals surface area contributed by atoms with Gasteiger partial charge in [-0.25, -0.2) is 4.79 Å². The summed E-state index contributed by atoms with van der Waals surface area (Å²) < 4.78 is 12.4. The van der Waals surface area contributed by atoms with Crippen LogP contribution in [0, 0.1) is 13.8 Å². The zero-order valence-corrected chi connectivity index (χ0v) is 15.1. The van der Waals surface area contributed by atoms with Gasteiger partial charge in [0.1, 0.15) is 0 Å². The molecule has 132 valence electrons. The number of hydrogen-bond acceptors (Lipinski definition) is 5. The molecule has 0 unspecified atom stereocenters. The average molecular weight is 349 g/mol. The fourth-order valence-corrected chi connectivity index (χ4v) is 3.22. The van der Waals surface area contributed by atoms with E-state index in [1.165, 1.54) is 0 Å². The molecule has 2 aromatic heterocycles. The molecule has 0 aliphatic carbocycles. The maximum atomic E-state index is 12.0. The highest BCUT2D eigenvalue weighted by Gasteiger charge is 2.16. The first-order valence-electron chi connectivity index (χ1n) is 8.50. The van der Waals surface area contributed by atoms with Crippen LogP contribution in [-0.2, 0) is 0 Å². The normalized spacial score (nSPS) is 11.6. The molecule has 0 fully saturated rings. The van der Waals surface area contributed by atoms with Gasteiger partial charge < -0.3 is 8.94 Å². The molecular formula is C20H19N3O3. The van der Waals surface area contributed by atoms with Gasteiger partial charge in [-0.15, -0.1) is 0 Å². The van der Waals surface area contributed by atoms with Crippen LogP contribution in [0.4, 0.5) is 0 Å². The van der Waals surface area contributed by atoms with Gasteiger partial charge in [0.05, 0.1) is 5.52 Å². The number of nitrogens with zero attached hydrogens (tertiary/aromatic N) is 3. The fourth-order valence-electron chi connectivity index (χ4n) is 3.22. The standard InChI is InChI=1S/C20H19N3O3/c1-11(2)23-16-6-5-14(10-17(16)25-20(23)24)18-21-19(26-22-18)15-8-12(3)7-13(4)9-15/h5-11H,1-4H3. The van der Waals surface area contributed by atoms with Gasteiger partial charge in [-0.3, -0.25) is 4.57 Å². The monoisotopic (exact) mass is 349 g/mol. The summed E-state index contributed by atoms with van der Waals surface area (Å²) in [5.74, 6) is 0.560. The van der Waals surface area contributed by atoms with Gasteiger partial charge in [0.25, 0.3) is 5.89 Å². The van der Waals surface area contributed by atoms with Crippen molar-refractivity contribution in [2.45, 2.75) is 33.7 Å². The van der Waals surface area contributed by atoms with Crippen LogP contribution in [0.1, 0.15) is 31.0 Å². The summed E-state index contributed by atoms with van der Waals surface area (Å²) in [6, 6.07) is 11.6. The third-order valence-corrected chi connectivity index (χ3v) is 4.28. The third kappa shape index (κ3) is 2.73. The van der Waals surface area contributed by atoms with Crippen LogP contribution in [0.5, 0.6) is 0 Å². The molecule has 0 aliphatic heterocycles. The lowest BCUT2D eigenvalue weighted by molar-refractivity contribution is 0.432. The molecule has 0 N–H and O–H groups in total. The van der Waals surface area contributed by atoms with Gasteiger partial charge in [-0.1, -0.05) is 22.3 Å². The highest BCUT2D eigenvalue weighted by atomic mass is 16.5. The van der Waals surface area contributed by atoms with Gasteiger partial charge in [-0.05, 0) is 58.0 Å². The molecule has 2 heterocycles. The third-order valence-electron chi connectivity index (χ3n) is 4.28. The summed E-state index contributed by atoms with van der Waals surface area (Å²) in [4.78, 5) is 16.5. The van der Waals surface area contributed by atoms with E-state index in [0.717, 1.165) is 27.8 Å². The van der Waals surface area contributed by atoms with Crippen LogP contribution in [-0.4, -0.2) is 14.7 Å². The van der Waals surface area contributed by atoms with Crippen molar-refractivity contribution in [2.24, 2.45) is 0 Å². The van der Waals surface area contributed by atoms with E-state index in [2.05, 4.69) is 16.2 Å². The Balaban J connectivity index is 1.77. The number of aromatic nitrogens is 3. The average Bonchev–Trinajstić information content (AvgIpc) is 3.16. The van der Waals surface area contributed by atoms with Crippen LogP contribution in [0.15, 0.2) is 50.1 Å². The highest BCUT2D eigenvalue weighted by Crippen LogP contribution is 2.27. The van der Waals surface area contributed by atoms with Crippen LogP contribution < -0.4 is 5.76 Å². The molecule has 0 radical (unpaired) electrons. The molecule has 0 aliphatic rings. The lowest BCUT2D eigenvalue weighted by atomic mass is 10.1.